The van der Waals surface area contributed by atoms with Gasteiger partial charge in [-0.1, -0.05) is 48.9 Å². The zero-order chi connectivity index (χ0) is 37.8. The first-order valence-corrected chi connectivity index (χ1v) is 16.7. The first-order chi connectivity index (χ1) is 24.8. The molecule has 0 bridgehead atoms. The number of nitrogens with one attached hydrogen (secondary N) is 3. The molecule has 278 valence electrons. The third-order valence-electron chi connectivity index (χ3n) is 8.52. The van der Waals surface area contributed by atoms with Crippen molar-refractivity contribution in [2.75, 3.05) is 13.2 Å². The van der Waals surface area contributed by atoms with Crippen molar-refractivity contribution in [3.63, 3.8) is 0 Å². The minimum Gasteiger partial charge on any atom is -0.550 e. The van der Waals surface area contributed by atoms with Gasteiger partial charge in [-0.05, 0) is 66.8 Å². The van der Waals surface area contributed by atoms with Crippen molar-refractivity contribution >= 4 is 29.7 Å². The summed E-state index contributed by atoms with van der Waals surface area (Å²) in [6, 6.07) is 17.8. The number of rotatable bonds is 17. The van der Waals surface area contributed by atoms with Gasteiger partial charge in [-0.3, -0.25) is 14.4 Å². The third-order valence-corrected chi connectivity index (χ3v) is 8.52. The second kappa shape index (κ2) is 22.4. The van der Waals surface area contributed by atoms with Crippen LogP contribution in [0.25, 0.3) is 11.1 Å². The molecule has 4 rings (SSSR count). The van der Waals surface area contributed by atoms with Gasteiger partial charge >= 0.3 is 59.1 Å². The van der Waals surface area contributed by atoms with E-state index in [0.717, 1.165) is 30.2 Å². The van der Waals surface area contributed by atoms with Crippen molar-refractivity contribution in [2.45, 2.75) is 75.2 Å². The Bertz CT molecular complexity index is 1700. The number of hydrogen-bond donors (Lipinski definition) is 5. The van der Waals surface area contributed by atoms with Crippen LogP contribution in [0.4, 0.5) is 4.39 Å². The van der Waals surface area contributed by atoms with Gasteiger partial charge in [0.1, 0.15) is 24.0 Å². The van der Waals surface area contributed by atoms with E-state index in [1.54, 1.807) is 24.3 Å². The molecule has 54 heavy (non-hydrogen) atoms. The summed E-state index contributed by atoms with van der Waals surface area (Å²) in [7, 11) is 0. The molecule has 1 aliphatic rings. The number of carbonyl (C=O) groups excluding carboxylic acids is 5. The molecular weight excluding hydrogens is 727 g/mol. The molecule has 5 N–H and O–H groups in total. The summed E-state index contributed by atoms with van der Waals surface area (Å²) in [6.45, 7) is 0.304. The average molecular weight is 768 g/mol. The monoisotopic (exact) mass is 767 g/mol. The molecule has 1 fully saturated rings. The summed E-state index contributed by atoms with van der Waals surface area (Å²) in [6.07, 6.45) is -5.72. The summed E-state index contributed by atoms with van der Waals surface area (Å²) < 4.78 is 25.0. The summed E-state index contributed by atoms with van der Waals surface area (Å²) in [5, 5.41) is 53.6. The van der Waals surface area contributed by atoms with Gasteiger partial charge in [-0.25, -0.2) is 4.39 Å². The summed E-state index contributed by atoms with van der Waals surface area (Å²) in [5.41, 5.74) is 2.04. The minimum absolute atomic E-state index is 0. The Morgan fingerprint density at radius 1 is 0.852 bits per heavy atom. The molecule has 3 aromatic carbocycles. The number of amides is 3. The van der Waals surface area contributed by atoms with Crippen molar-refractivity contribution in [2.24, 2.45) is 0 Å². The Labute approximate surface area is 355 Å². The molecule has 6 atom stereocenters. The number of aliphatic hydroxyl groups excluding tert-OH is 2. The van der Waals surface area contributed by atoms with Crippen LogP contribution in [0.1, 0.15) is 59.7 Å². The van der Waals surface area contributed by atoms with Gasteiger partial charge in [0.2, 0.25) is 11.7 Å². The van der Waals surface area contributed by atoms with Gasteiger partial charge in [-0.2, -0.15) is 0 Å². The number of carboxylic acid groups (broad SMARTS) is 2. The maximum atomic E-state index is 13.6. The van der Waals surface area contributed by atoms with Gasteiger partial charge in [0, 0.05) is 37.0 Å². The number of ether oxygens (including phenoxy) is 2. The SMILES string of the molecule is CC(=O)N[C@H]1[C@H]([C@H](O)[C@H](O)CNC(=O)c2ccc(-c3ccccc3)cc2)O[C@@](OCCCCCC(=O)[O-])(C(=O)[O-])C[C@@H]1NC(=O)c1ccc(F)cc1.[Na+].[Na+]. The van der Waals surface area contributed by atoms with Crippen LogP contribution < -0.4 is 85.3 Å². The standard InChI is InChI=1S/C37H42FN3O11.2Na/c1-22(42)40-31-28(41-35(48)26-15-17-27(38)18-16-26)20-37(36(49)50,51-19-7-3-6-10-30(44)45)52-33(31)32(46)29(43)21-39-34(47)25-13-11-24(12-14-25)23-8-4-2-5-9-23;;/h2,4-5,8-9,11-18,28-29,31-33,43,46H,3,6-7,10,19-21H2,1H3,(H,39,47)(H,40,42)(H,41,48)(H,44,45)(H,49,50);;/q;2*+1/p-2/t28-,29+,31+,32+,33+,37+;;/m0../s1. The molecular formula is C37H40FN3Na2O11. The maximum Gasteiger partial charge on any atom is 1.00 e. The van der Waals surface area contributed by atoms with Crippen LogP contribution in [-0.4, -0.2) is 89.2 Å². The van der Waals surface area contributed by atoms with E-state index >= 15 is 0 Å². The van der Waals surface area contributed by atoms with Crippen LogP contribution >= 0.6 is 0 Å². The first kappa shape index (κ1) is 46.9. The molecule has 3 amide bonds. The second-order valence-electron chi connectivity index (χ2n) is 12.4. The second-order valence-corrected chi connectivity index (χ2v) is 12.4. The van der Waals surface area contributed by atoms with Crippen molar-refractivity contribution in [3.8, 4) is 11.1 Å². The molecule has 14 nitrogen and oxygen atoms in total. The zero-order valence-corrected chi connectivity index (χ0v) is 34.3. The predicted molar refractivity (Wildman–Crippen MR) is 178 cm³/mol. The average Bonchev–Trinajstić information content (AvgIpc) is 3.12. The Kier molecular flexibility index (Phi) is 19.4. The number of hydrogen-bond acceptors (Lipinski definition) is 11. The predicted octanol–water partition coefficient (Wildman–Crippen LogP) is -6.18. The summed E-state index contributed by atoms with van der Waals surface area (Å²) in [4.78, 5) is 62.0. The van der Waals surface area contributed by atoms with Crippen molar-refractivity contribution in [3.05, 3.63) is 95.8 Å². The number of halogens is 1. The number of carbonyl (C=O) groups is 5. The van der Waals surface area contributed by atoms with E-state index in [0.29, 0.717) is 6.42 Å². The Morgan fingerprint density at radius 2 is 1.44 bits per heavy atom. The Hall–Kier alpha value is -3.22. The van der Waals surface area contributed by atoms with Crippen LogP contribution in [0.5, 0.6) is 0 Å². The molecule has 1 aliphatic heterocycles. The quantitative estimate of drug-likeness (QED) is 0.0642. The molecule has 0 spiro atoms. The minimum atomic E-state index is -2.64. The van der Waals surface area contributed by atoms with Crippen LogP contribution in [0.2, 0.25) is 0 Å². The Morgan fingerprint density at radius 3 is 2.04 bits per heavy atom. The maximum absolute atomic E-state index is 13.6. The largest absolute Gasteiger partial charge is 1.00 e. The van der Waals surface area contributed by atoms with Gasteiger partial charge < -0.3 is 55.4 Å². The van der Waals surface area contributed by atoms with E-state index in [4.69, 9.17) is 9.47 Å². The smallest absolute Gasteiger partial charge is 0.550 e. The summed E-state index contributed by atoms with van der Waals surface area (Å²) >= 11 is 0. The number of aliphatic carboxylic acids is 2. The molecule has 3 aromatic rings. The molecule has 0 unspecified atom stereocenters. The normalized spacial score (nSPS) is 20.2. The fraction of sp³-hybridized carbons (Fsp3) is 0.378. The van der Waals surface area contributed by atoms with Gasteiger partial charge in [-0.15, -0.1) is 0 Å². The van der Waals surface area contributed by atoms with E-state index in [9.17, 15) is 48.8 Å². The molecule has 17 heteroatoms. The van der Waals surface area contributed by atoms with E-state index in [2.05, 4.69) is 16.0 Å². The van der Waals surface area contributed by atoms with Crippen LogP contribution in [0, 0.1) is 5.82 Å². The van der Waals surface area contributed by atoms with Gasteiger partial charge in [0.25, 0.3) is 11.8 Å². The molecule has 0 aromatic heterocycles. The van der Waals surface area contributed by atoms with Crippen LogP contribution in [0.3, 0.4) is 0 Å². The molecule has 0 saturated carbocycles. The van der Waals surface area contributed by atoms with E-state index in [-0.39, 0.29) is 96.1 Å². The van der Waals surface area contributed by atoms with Crippen LogP contribution in [0.15, 0.2) is 78.9 Å². The summed E-state index contributed by atoms with van der Waals surface area (Å²) in [5.74, 6) is -8.46. The third kappa shape index (κ3) is 13.2. The molecule has 0 radical (unpaired) electrons. The van der Waals surface area contributed by atoms with E-state index in [1.165, 1.54) is 12.1 Å². The number of carboxylic acids is 2. The fourth-order valence-electron chi connectivity index (χ4n) is 5.83. The van der Waals surface area contributed by atoms with Crippen molar-refractivity contribution in [1.29, 1.82) is 0 Å². The van der Waals surface area contributed by atoms with E-state index < -0.39 is 84.6 Å². The topological polar surface area (TPSA) is 226 Å². The van der Waals surface area contributed by atoms with Gasteiger partial charge in [0.05, 0.1) is 24.8 Å². The van der Waals surface area contributed by atoms with E-state index in [1.807, 2.05) is 30.3 Å². The first-order valence-electron chi connectivity index (χ1n) is 16.7. The van der Waals surface area contributed by atoms with Crippen LogP contribution in [-0.2, 0) is 23.9 Å². The zero-order valence-electron chi connectivity index (χ0n) is 30.3. The fourth-order valence-corrected chi connectivity index (χ4v) is 5.83. The van der Waals surface area contributed by atoms with Gasteiger partial charge in [0.15, 0.2) is 0 Å². The number of unbranched alkanes of at least 4 members (excludes halogenated alkanes) is 2. The molecule has 1 heterocycles. The molecule has 1 saturated heterocycles. The molecule has 0 aliphatic carbocycles. The Balaban J connectivity index is 0.00000504. The number of aliphatic hydroxyl groups is 2. The van der Waals surface area contributed by atoms with Crippen molar-refractivity contribution in [1.82, 2.24) is 16.0 Å². The van der Waals surface area contributed by atoms with Crippen molar-refractivity contribution < 1.29 is 117 Å². The number of benzene rings is 3.